The van der Waals surface area contributed by atoms with E-state index in [0.29, 0.717) is 32.0 Å². The van der Waals surface area contributed by atoms with Crippen LogP contribution < -0.4 is 10.6 Å². The summed E-state index contributed by atoms with van der Waals surface area (Å²) in [6, 6.07) is 14.0. The Kier molecular flexibility index (Phi) is 6.10. The lowest BCUT2D eigenvalue weighted by atomic mass is 10.2. The van der Waals surface area contributed by atoms with Gasteiger partial charge in [0.2, 0.25) is 15.9 Å². The van der Waals surface area contributed by atoms with Crippen LogP contribution in [0.3, 0.4) is 0 Å². The number of sulfonamides is 1. The van der Waals surface area contributed by atoms with Crippen molar-refractivity contribution in [1.82, 2.24) is 4.31 Å². The number of morpholine rings is 1. The topological polar surface area (TPSA) is 87.7 Å². The Labute approximate surface area is 159 Å². The maximum Gasteiger partial charge on any atom is 0.243 e. The molecule has 1 amide bonds. The summed E-state index contributed by atoms with van der Waals surface area (Å²) in [7, 11) is -3.51. The predicted molar refractivity (Wildman–Crippen MR) is 104 cm³/mol. The minimum atomic E-state index is -3.51. The summed E-state index contributed by atoms with van der Waals surface area (Å²) in [5.41, 5.74) is 2.53. The molecule has 8 heteroatoms. The lowest BCUT2D eigenvalue weighted by Gasteiger charge is -2.26. The molecule has 1 aliphatic heterocycles. The van der Waals surface area contributed by atoms with Gasteiger partial charge in [-0.25, -0.2) is 8.42 Å². The molecular weight excluding hydrogens is 366 g/mol. The molecule has 7 nitrogen and oxygen atoms in total. The average molecular weight is 389 g/mol. The monoisotopic (exact) mass is 389 g/mol. The Hall–Kier alpha value is -2.42. The number of hydrogen-bond donors (Lipinski definition) is 2. The van der Waals surface area contributed by atoms with Crippen molar-refractivity contribution in [1.29, 1.82) is 0 Å². The molecule has 2 aromatic carbocycles. The summed E-state index contributed by atoms with van der Waals surface area (Å²) < 4.78 is 31.8. The van der Waals surface area contributed by atoms with Gasteiger partial charge < -0.3 is 15.4 Å². The quantitative estimate of drug-likeness (QED) is 0.790. The number of amides is 1. The van der Waals surface area contributed by atoms with E-state index in [1.165, 1.54) is 4.31 Å². The van der Waals surface area contributed by atoms with Crippen LogP contribution in [0.1, 0.15) is 5.56 Å². The van der Waals surface area contributed by atoms with Gasteiger partial charge in [0.05, 0.1) is 24.7 Å². The summed E-state index contributed by atoms with van der Waals surface area (Å²) in [5, 5.41) is 5.80. The van der Waals surface area contributed by atoms with E-state index in [-0.39, 0.29) is 17.3 Å². The van der Waals surface area contributed by atoms with Crippen molar-refractivity contribution in [2.24, 2.45) is 0 Å². The SMILES string of the molecule is Cc1ccc(NC(=O)CNc2ccc(S(=O)(=O)N3CCOCC3)cc2)cc1. The molecule has 3 rings (SSSR count). The Morgan fingerprint density at radius 2 is 1.59 bits per heavy atom. The summed E-state index contributed by atoms with van der Waals surface area (Å²) >= 11 is 0. The lowest BCUT2D eigenvalue weighted by Crippen LogP contribution is -2.40. The van der Waals surface area contributed by atoms with Gasteiger partial charge in [-0.15, -0.1) is 0 Å². The second-order valence-corrected chi connectivity index (χ2v) is 8.25. The zero-order valence-corrected chi connectivity index (χ0v) is 16.0. The van der Waals surface area contributed by atoms with Gasteiger partial charge in [-0.1, -0.05) is 17.7 Å². The van der Waals surface area contributed by atoms with Crippen molar-refractivity contribution >= 4 is 27.3 Å². The third-order valence-corrected chi connectivity index (χ3v) is 6.16. The first-order valence-corrected chi connectivity index (χ1v) is 10.2. The van der Waals surface area contributed by atoms with Crippen molar-refractivity contribution in [2.45, 2.75) is 11.8 Å². The normalized spacial score (nSPS) is 15.3. The second kappa shape index (κ2) is 8.51. The Morgan fingerprint density at radius 1 is 1.00 bits per heavy atom. The van der Waals surface area contributed by atoms with Crippen LogP contribution in [0.15, 0.2) is 53.4 Å². The van der Waals surface area contributed by atoms with Crippen LogP contribution in [0.5, 0.6) is 0 Å². The van der Waals surface area contributed by atoms with Crippen molar-refractivity contribution in [3.05, 3.63) is 54.1 Å². The molecular formula is C19H23N3O4S. The van der Waals surface area contributed by atoms with Crippen LogP contribution in [0.25, 0.3) is 0 Å². The van der Waals surface area contributed by atoms with Crippen molar-refractivity contribution < 1.29 is 17.9 Å². The van der Waals surface area contributed by atoms with E-state index in [2.05, 4.69) is 10.6 Å². The fraction of sp³-hybridized carbons (Fsp3) is 0.316. The molecule has 144 valence electrons. The number of carbonyl (C=O) groups is 1. The molecule has 1 saturated heterocycles. The number of carbonyl (C=O) groups excluding carboxylic acids is 1. The molecule has 1 fully saturated rings. The summed E-state index contributed by atoms with van der Waals surface area (Å²) in [5.74, 6) is -0.177. The van der Waals surface area contributed by atoms with Crippen LogP contribution in [0, 0.1) is 6.92 Å². The molecule has 27 heavy (non-hydrogen) atoms. The molecule has 0 saturated carbocycles. The van der Waals surface area contributed by atoms with Crippen LogP contribution in [-0.2, 0) is 19.6 Å². The molecule has 1 heterocycles. The molecule has 0 radical (unpaired) electrons. The number of ether oxygens (including phenoxy) is 1. The molecule has 1 aliphatic rings. The fourth-order valence-corrected chi connectivity index (χ4v) is 4.11. The van der Waals surface area contributed by atoms with Gasteiger partial charge in [0.1, 0.15) is 0 Å². The zero-order chi connectivity index (χ0) is 19.3. The minimum absolute atomic E-state index is 0.0867. The van der Waals surface area contributed by atoms with Crippen molar-refractivity contribution in [3.8, 4) is 0 Å². The third-order valence-electron chi connectivity index (χ3n) is 4.25. The third kappa shape index (κ3) is 5.06. The molecule has 0 atom stereocenters. The van der Waals surface area contributed by atoms with Gasteiger partial charge in [-0.3, -0.25) is 4.79 Å². The lowest BCUT2D eigenvalue weighted by molar-refractivity contribution is -0.114. The number of aryl methyl sites for hydroxylation is 1. The number of nitrogens with zero attached hydrogens (tertiary/aromatic N) is 1. The van der Waals surface area contributed by atoms with E-state index in [0.717, 1.165) is 11.3 Å². The van der Waals surface area contributed by atoms with E-state index >= 15 is 0 Å². The number of benzene rings is 2. The molecule has 0 aromatic heterocycles. The number of hydrogen-bond acceptors (Lipinski definition) is 5. The standard InChI is InChI=1S/C19H23N3O4S/c1-15-2-4-17(5-3-15)21-19(23)14-20-16-6-8-18(9-7-16)27(24,25)22-10-12-26-13-11-22/h2-9,20H,10-14H2,1H3,(H,21,23). The maximum atomic E-state index is 12.6. The van der Waals surface area contributed by atoms with Gasteiger partial charge in [0, 0.05) is 24.5 Å². The summed E-state index contributed by atoms with van der Waals surface area (Å²) in [6.07, 6.45) is 0. The molecule has 0 spiro atoms. The van der Waals surface area contributed by atoms with Crippen LogP contribution in [-0.4, -0.2) is 51.5 Å². The molecule has 0 bridgehead atoms. The van der Waals surface area contributed by atoms with Crippen LogP contribution in [0.4, 0.5) is 11.4 Å². The Balaban J connectivity index is 1.55. The van der Waals surface area contributed by atoms with Gasteiger partial charge in [-0.2, -0.15) is 4.31 Å². The van der Waals surface area contributed by atoms with Crippen molar-refractivity contribution in [3.63, 3.8) is 0 Å². The number of nitrogens with one attached hydrogen (secondary N) is 2. The molecule has 0 aliphatic carbocycles. The Morgan fingerprint density at radius 3 is 2.22 bits per heavy atom. The highest BCUT2D eigenvalue weighted by atomic mass is 32.2. The number of rotatable bonds is 6. The summed E-state index contributed by atoms with van der Waals surface area (Å²) in [4.78, 5) is 12.3. The fourth-order valence-electron chi connectivity index (χ4n) is 2.71. The molecule has 2 N–H and O–H groups in total. The van der Waals surface area contributed by atoms with Gasteiger partial charge in [0.15, 0.2) is 0 Å². The maximum absolute atomic E-state index is 12.6. The van der Waals surface area contributed by atoms with E-state index < -0.39 is 10.0 Å². The first kappa shape index (κ1) is 19.3. The van der Waals surface area contributed by atoms with Gasteiger partial charge >= 0.3 is 0 Å². The first-order chi connectivity index (χ1) is 12.9. The highest BCUT2D eigenvalue weighted by Gasteiger charge is 2.26. The van der Waals surface area contributed by atoms with E-state index in [1.807, 2.05) is 31.2 Å². The number of anilines is 2. The predicted octanol–water partition coefficient (Wildman–Crippen LogP) is 2.07. The average Bonchev–Trinajstić information content (AvgIpc) is 2.69. The highest BCUT2D eigenvalue weighted by Crippen LogP contribution is 2.19. The smallest absolute Gasteiger partial charge is 0.243 e. The highest BCUT2D eigenvalue weighted by molar-refractivity contribution is 7.89. The van der Waals surface area contributed by atoms with Gasteiger partial charge in [0.25, 0.3) is 0 Å². The van der Waals surface area contributed by atoms with E-state index in [1.54, 1.807) is 24.3 Å². The molecule has 2 aromatic rings. The summed E-state index contributed by atoms with van der Waals surface area (Å²) in [6.45, 7) is 3.62. The minimum Gasteiger partial charge on any atom is -0.379 e. The first-order valence-electron chi connectivity index (χ1n) is 8.73. The largest absolute Gasteiger partial charge is 0.379 e. The van der Waals surface area contributed by atoms with Gasteiger partial charge in [-0.05, 0) is 43.3 Å². The van der Waals surface area contributed by atoms with Crippen molar-refractivity contribution in [2.75, 3.05) is 43.5 Å². The second-order valence-electron chi connectivity index (χ2n) is 6.31. The van der Waals surface area contributed by atoms with E-state index in [4.69, 9.17) is 4.74 Å². The van der Waals surface area contributed by atoms with E-state index in [9.17, 15) is 13.2 Å². The Bertz CT molecular complexity index is 874. The van der Waals surface area contributed by atoms with Crippen LogP contribution >= 0.6 is 0 Å². The van der Waals surface area contributed by atoms with Crippen LogP contribution in [0.2, 0.25) is 0 Å². The molecule has 0 unspecified atom stereocenters. The zero-order valence-electron chi connectivity index (χ0n) is 15.1.